The highest BCUT2D eigenvalue weighted by molar-refractivity contribution is 9.10. The Morgan fingerprint density at radius 1 is 1.33 bits per heavy atom. The molecule has 5 nitrogen and oxygen atoms in total. The molecule has 1 rings (SSSR count). The zero-order valence-corrected chi connectivity index (χ0v) is 14.1. The van der Waals surface area contributed by atoms with E-state index in [1.807, 2.05) is 18.2 Å². The van der Waals surface area contributed by atoms with Gasteiger partial charge in [0.05, 0.1) is 24.8 Å². The molecule has 1 aromatic carbocycles. The summed E-state index contributed by atoms with van der Waals surface area (Å²) < 4.78 is 11.0. The molecule has 0 atom stereocenters. The Balaban J connectivity index is 2.55. The van der Waals surface area contributed by atoms with E-state index in [0.29, 0.717) is 32.5 Å². The summed E-state index contributed by atoms with van der Waals surface area (Å²) in [4.78, 5) is 13.8. The van der Waals surface area contributed by atoms with Crippen molar-refractivity contribution in [2.75, 3.05) is 40.5 Å². The molecular weight excluding hydrogens is 338 g/mol. The highest BCUT2D eigenvalue weighted by Gasteiger charge is 2.13. The van der Waals surface area contributed by atoms with Crippen molar-refractivity contribution >= 4 is 21.8 Å². The van der Waals surface area contributed by atoms with Gasteiger partial charge in [-0.05, 0) is 40.0 Å². The lowest BCUT2D eigenvalue weighted by atomic mass is 10.1. The van der Waals surface area contributed by atoms with Gasteiger partial charge in [-0.1, -0.05) is 6.07 Å². The largest absolute Gasteiger partial charge is 0.496 e. The summed E-state index contributed by atoms with van der Waals surface area (Å²) in [6.45, 7) is 1.28. The number of aryl methyl sites for hydroxylation is 1. The second-order valence-electron chi connectivity index (χ2n) is 4.57. The molecule has 1 aromatic rings. The number of methoxy groups -OCH3 is 2. The predicted octanol–water partition coefficient (Wildman–Crippen LogP) is 1.86. The van der Waals surface area contributed by atoms with Crippen molar-refractivity contribution in [2.24, 2.45) is 0 Å². The predicted molar refractivity (Wildman–Crippen MR) is 84.6 cm³/mol. The summed E-state index contributed by atoms with van der Waals surface area (Å²) in [6, 6.07) is 5.78. The first-order valence-electron chi connectivity index (χ1n) is 6.82. The molecule has 21 heavy (non-hydrogen) atoms. The average molecular weight is 360 g/mol. The van der Waals surface area contributed by atoms with Crippen LogP contribution in [0, 0.1) is 0 Å². The van der Waals surface area contributed by atoms with Crippen molar-refractivity contribution in [3.8, 4) is 5.75 Å². The molecule has 0 aliphatic rings. The van der Waals surface area contributed by atoms with Crippen LogP contribution in [0.3, 0.4) is 0 Å². The number of nitrogens with zero attached hydrogens (tertiary/aromatic N) is 1. The van der Waals surface area contributed by atoms with Gasteiger partial charge in [-0.15, -0.1) is 0 Å². The number of amides is 1. The summed E-state index contributed by atoms with van der Waals surface area (Å²) in [5.41, 5.74) is 1.06. The number of benzene rings is 1. The van der Waals surface area contributed by atoms with Gasteiger partial charge in [0.2, 0.25) is 5.91 Å². The lowest BCUT2D eigenvalue weighted by Crippen LogP contribution is -2.36. The molecule has 0 saturated carbocycles. The van der Waals surface area contributed by atoms with Crippen LogP contribution in [0.15, 0.2) is 22.7 Å². The van der Waals surface area contributed by atoms with Gasteiger partial charge in [-0.25, -0.2) is 0 Å². The molecule has 1 amide bonds. The lowest BCUT2D eigenvalue weighted by Gasteiger charge is -2.21. The number of ether oxygens (including phenoxy) is 2. The van der Waals surface area contributed by atoms with Crippen LogP contribution in [0.4, 0.5) is 0 Å². The molecule has 0 heterocycles. The average Bonchev–Trinajstić information content (AvgIpc) is 2.49. The molecule has 0 radical (unpaired) electrons. The van der Waals surface area contributed by atoms with Gasteiger partial charge in [-0.2, -0.15) is 0 Å². The van der Waals surface area contributed by atoms with Gasteiger partial charge in [0.15, 0.2) is 0 Å². The van der Waals surface area contributed by atoms with E-state index in [9.17, 15) is 4.79 Å². The minimum Gasteiger partial charge on any atom is -0.496 e. The molecular formula is C15H22BrNO4. The molecule has 6 heteroatoms. The normalized spacial score (nSPS) is 10.5. The highest BCUT2D eigenvalue weighted by Crippen LogP contribution is 2.26. The van der Waals surface area contributed by atoms with Crippen LogP contribution in [-0.4, -0.2) is 56.4 Å². The maximum atomic E-state index is 12.1. The molecule has 0 bridgehead atoms. The molecule has 0 aliphatic carbocycles. The van der Waals surface area contributed by atoms with Crippen LogP contribution in [0.5, 0.6) is 5.75 Å². The molecule has 0 saturated heterocycles. The summed E-state index contributed by atoms with van der Waals surface area (Å²) in [5, 5.41) is 9.01. The molecule has 0 fully saturated rings. The molecule has 0 aliphatic heterocycles. The number of carbonyl (C=O) groups excluding carboxylic acids is 1. The van der Waals surface area contributed by atoms with Crippen molar-refractivity contribution < 1.29 is 19.4 Å². The van der Waals surface area contributed by atoms with Gasteiger partial charge >= 0.3 is 0 Å². The smallest absolute Gasteiger partial charge is 0.223 e. The fraction of sp³-hybridized carbons (Fsp3) is 0.533. The Hall–Kier alpha value is -1.11. The third kappa shape index (κ3) is 6.03. The van der Waals surface area contributed by atoms with E-state index in [-0.39, 0.29) is 12.5 Å². The third-order valence-electron chi connectivity index (χ3n) is 3.13. The number of aliphatic hydroxyl groups is 1. The molecule has 0 aromatic heterocycles. The van der Waals surface area contributed by atoms with Crippen LogP contribution >= 0.6 is 15.9 Å². The monoisotopic (exact) mass is 359 g/mol. The van der Waals surface area contributed by atoms with E-state index in [2.05, 4.69) is 15.9 Å². The molecule has 1 N–H and O–H groups in total. The first-order valence-corrected chi connectivity index (χ1v) is 7.61. The number of rotatable bonds is 9. The van der Waals surface area contributed by atoms with E-state index in [0.717, 1.165) is 15.8 Å². The number of hydrogen-bond acceptors (Lipinski definition) is 4. The van der Waals surface area contributed by atoms with E-state index in [4.69, 9.17) is 14.6 Å². The summed E-state index contributed by atoms with van der Waals surface area (Å²) in [5.74, 6) is 0.792. The minimum absolute atomic E-state index is 0.0213. The van der Waals surface area contributed by atoms with Crippen LogP contribution in [0.2, 0.25) is 0 Å². The summed E-state index contributed by atoms with van der Waals surface area (Å²) >= 11 is 3.43. The highest BCUT2D eigenvalue weighted by atomic mass is 79.9. The van der Waals surface area contributed by atoms with Crippen LogP contribution < -0.4 is 4.74 Å². The van der Waals surface area contributed by atoms with Crippen molar-refractivity contribution in [1.29, 1.82) is 0 Å². The van der Waals surface area contributed by atoms with Gasteiger partial charge < -0.3 is 19.5 Å². The fourth-order valence-electron chi connectivity index (χ4n) is 1.96. The van der Waals surface area contributed by atoms with E-state index in [1.165, 1.54) is 0 Å². The van der Waals surface area contributed by atoms with E-state index in [1.54, 1.807) is 19.1 Å². The molecule has 118 valence electrons. The quantitative estimate of drug-likeness (QED) is 0.730. The first kappa shape index (κ1) is 17.9. The van der Waals surface area contributed by atoms with Gasteiger partial charge in [0.1, 0.15) is 5.75 Å². The second-order valence-corrected chi connectivity index (χ2v) is 5.42. The maximum absolute atomic E-state index is 12.1. The fourth-order valence-corrected chi connectivity index (χ4v) is 2.55. The Kier molecular flexibility index (Phi) is 8.34. The van der Waals surface area contributed by atoms with Crippen molar-refractivity contribution in [3.63, 3.8) is 0 Å². The van der Waals surface area contributed by atoms with Crippen LogP contribution in [0.1, 0.15) is 12.0 Å². The zero-order valence-electron chi connectivity index (χ0n) is 12.5. The number of hydrogen-bond donors (Lipinski definition) is 1. The number of carbonyl (C=O) groups is 1. The Morgan fingerprint density at radius 3 is 2.67 bits per heavy atom. The Morgan fingerprint density at radius 2 is 2.10 bits per heavy atom. The van der Waals surface area contributed by atoms with Crippen molar-refractivity contribution in [2.45, 2.75) is 12.8 Å². The van der Waals surface area contributed by atoms with Gasteiger partial charge in [0, 0.05) is 26.6 Å². The Bertz CT molecular complexity index is 453. The zero-order chi connectivity index (χ0) is 15.7. The maximum Gasteiger partial charge on any atom is 0.223 e. The topological polar surface area (TPSA) is 59.0 Å². The minimum atomic E-state index is -0.0382. The van der Waals surface area contributed by atoms with Crippen molar-refractivity contribution in [3.05, 3.63) is 28.2 Å². The third-order valence-corrected chi connectivity index (χ3v) is 3.75. The summed E-state index contributed by atoms with van der Waals surface area (Å²) in [6.07, 6.45) is 1.05. The number of aliphatic hydroxyl groups excluding tert-OH is 1. The van der Waals surface area contributed by atoms with Crippen molar-refractivity contribution in [1.82, 2.24) is 4.90 Å². The van der Waals surface area contributed by atoms with Crippen LogP contribution in [0.25, 0.3) is 0 Å². The summed E-state index contributed by atoms with van der Waals surface area (Å²) in [7, 11) is 3.21. The number of halogens is 1. The lowest BCUT2D eigenvalue weighted by molar-refractivity contribution is -0.132. The molecule has 0 unspecified atom stereocenters. The van der Waals surface area contributed by atoms with Crippen LogP contribution in [-0.2, 0) is 16.0 Å². The second kappa shape index (κ2) is 9.76. The van der Waals surface area contributed by atoms with Gasteiger partial charge in [-0.3, -0.25) is 4.79 Å². The van der Waals surface area contributed by atoms with Gasteiger partial charge in [0.25, 0.3) is 0 Å². The van der Waals surface area contributed by atoms with E-state index < -0.39 is 0 Å². The van der Waals surface area contributed by atoms with E-state index >= 15 is 0 Å². The SMILES string of the molecule is COCCN(CCO)C(=O)CCc1ccc(OC)c(Br)c1. The molecule has 0 spiro atoms. The standard InChI is InChI=1S/C15H22BrNO4/c1-20-10-8-17(7-9-18)15(19)6-4-12-3-5-14(21-2)13(16)11-12/h3,5,11,18H,4,6-10H2,1-2H3. The Labute approximate surface area is 134 Å². The first-order chi connectivity index (χ1) is 10.1.